The van der Waals surface area contributed by atoms with E-state index >= 15 is 0 Å². The number of sulfonamides is 1. The van der Waals surface area contributed by atoms with E-state index in [-0.39, 0.29) is 18.4 Å². The first kappa shape index (κ1) is 14.3. The van der Waals surface area contributed by atoms with Gasteiger partial charge in [0.25, 0.3) is 0 Å². The molecule has 0 amide bonds. The van der Waals surface area contributed by atoms with Crippen molar-refractivity contribution >= 4 is 15.7 Å². The first-order valence-electron chi connectivity index (χ1n) is 6.77. The quantitative estimate of drug-likeness (QED) is 0.840. The summed E-state index contributed by atoms with van der Waals surface area (Å²) >= 11 is 0. The third kappa shape index (κ3) is 3.09. The standard InChI is InChI=1S/C14H21NO3S/c1-12-8-9-13-6-2-3-7-14(13)15(12)19(17,18)11-5-4-10-16/h2-3,6-7,12,16H,4-5,8-11H2,1H3. The van der Waals surface area contributed by atoms with Crippen LogP contribution in [0.3, 0.4) is 0 Å². The Hall–Kier alpha value is -1.07. The smallest absolute Gasteiger partial charge is 0.235 e. The lowest BCUT2D eigenvalue weighted by atomic mass is 9.99. The van der Waals surface area contributed by atoms with E-state index in [1.54, 1.807) is 4.31 Å². The Morgan fingerprint density at radius 2 is 2.05 bits per heavy atom. The maximum Gasteiger partial charge on any atom is 0.235 e. The molecular formula is C14H21NO3S. The summed E-state index contributed by atoms with van der Waals surface area (Å²) in [6, 6.07) is 7.72. The minimum Gasteiger partial charge on any atom is -0.396 e. The van der Waals surface area contributed by atoms with Crippen LogP contribution < -0.4 is 4.31 Å². The van der Waals surface area contributed by atoms with Gasteiger partial charge in [-0.05, 0) is 44.2 Å². The van der Waals surface area contributed by atoms with Crippen molar-refractivity contribution < 1.29 is 13.5 Å². The van der Waals surface area contributed by atoms with Crippen molar-refractivity contribution in [3.63, 3.8) is 0 Å². The second-order valence-electron chi connectivity index (χ2n) is 5.06. The molecule has 0 aliphatic carbocycles. The second kappa shape index (κ2) is 5.92. The number of hydrogen-bond acceptors (Lipinski definition) is 3. The zero-order valence-corrected chi connectivity index (χ0v) is 12.1. The van der Waals surface area contributed by atoms with E-state index in [0.29, 0.717) is 12.8 Å². The molecule has 1 atom stereocenters. The van der Waals surface area contributed by atoms with Gasteiger partial charge in [-0.1, -0.05) is 18.2 Å². The zero-order valence-electron chi connectivity index (χ0n) is 11.2. The second-order valence-corrected chi connectivity index (χ2v) is 7.02. The summed E-state index contributed by atoms with van der Waals surface area (Å²) in [5.74, 6) is 0.103. The van der Waals surface area contributed by atoms with Gasteiger partial charge >= 0.3 is 0 Å². The highest BCUT2D eigenvalue weighted by Crippen LogP contribution is 2.33. The largest absolute Gasteiger partial charge is 0.396 e. The van der Waals surface area contributed by atoms with E-state index in [4.69, 9.17) is 5.11 Å². The lowest BCUT2D eigenvalue weighted by Crippen LogP contribution is -2.43. The zero-order chi connectivity index (χ0) is 13.9. The van der Waals surface area contributed by atoms with E-state index in [1.165, 1.54) is 0 Å². The van der Waals surface area contributed by atoms with Gasteiger partial charge in [0.05, 0.1) is 11.4 Å². The number of nitrogens with zero attached hydrogens (tertiary/aromatic N) is 1. The van der Waals surface area contributed by atoms with Gasteiger partial charge in [-0.2, -0.15) is 0 Å². The number of fused-ring (bicyclic) bond motifs is 1. The average molecular weight is 283 g/mol. The number of unbranched alkanes of at least 4 members (excludes halogenated alkanes) is 1. The molecule has 0 spiro atoms. The van der Waals surface area contributed by atoms with Crippen LogP contribution in [0.2, 0.25) is 0 Å². The molecule has 2 rings (SSSR count). The van der Waals surface area contributed by atoms with Gasteiger partial charge in [-0.25, -0.2) is 8.42 Å². The normalized spacial score (nSPS) is 19.3. The van der Waals surface area contributed by atoms with E-state index in [1.807, 2.05) is 31.2 Å². The SMILES string of the molecule is CC1CCc2ccccc2N1S(=O)(=O)CCCCO. The number of benzene rings is 1. The molecule has 1 aromatic carbocycles. The van der Waals surface area contributed by atoms with Crippen LogP contribution in [0.4, 0.5) is 5.69 Å². The molecule has 1 unspecified atom stereocenters. The third-order valence-electron chi connectivity index (χ3n) is 3.57. The molecule has 0 radical (unpaired) electrons. The van der Waals surface area contributed by atoms with Crippen molar-refractivity contribution in [3.8, 4) is 0 Å². The molecule has 0 aromatic heterocycles. The molecule has 0 fully saturated rings. The Balaban J connectivity index is 2.27. The Bertz CT molecular complexity index is 527. The van der Waals surface area contributed by atoms with Crippen molar-refractivity contribution in [2.45, 2.75) is 38.6 Å². The molecule has 1 aliphatic rings. The summed E-state index contributed by atoms with van der Waals surface area (Å²) in [6.45, 7) is 2.00. The van der Waals surface area contributed by atoms with Gasteiger partial charge in [0, 0.05) is 12.6 Å². The monoisotopic (exact) mass is 283 g/mol. The molecule has 19 heavy (non-hydrogen) atoms. The van der Waals surface area contributed by atoms with E-state index in [0.717, 1.165) is 24.1 Å². The van der Waals surface area contributed by atoms with E-state index < -0.39 is 10.0 Å². The van der Waals surface area contributed by atoms with Gasteiger partial charge in [0.1, 0.15) is 0 Å². The summed E-state index contributed by atoms with van der Waals surface area (Å²) in [4.78, 5) is 0. The maximum absolute atomic E-state index is 12.5. The fourth-order valence-electron chi connectivity index (χ4n) is 2.57. The Morgan fingerprint density at radius 1 is 1.32 bits per heavy atom. The van der Waals surface area contributed by atoms with Gasteiger partial charge in [-0.15, -0.1) is 0 Å². The first-order chi connectivity index (χ1) is 9.06. The molecule has 5 heteroatoms. The van der Waals surface area contributed by atoms with Crippen LogP contribution in [0.5, 0.6) is 0 Å². The summed E-state index contributed by atoms with van der Waals surface area (Å²) in [6.07, 6.45) is 2.82. The van der Waals surface area contributed by atoms with E-state index in [9.17, 15) is 8.42 Å². The highest BCUT2D eigenvalue weighted by atomic mass is 32.2. The molecule has 0 saturated carbocycles. The fourth-order valence-corrected chi connectivity index (χ4v) is 4.47. The Kier molecular flexibility index (Phi) is 4.47. The van der Waals surface area contributed by atoms with Crippen molar-refractivity contribution in [1.82, 2.24) is 0 Å². The van der Waals surface area contributed by atoms with Gasteiger partial charge in [-0.3, -0.25) is 4.31 Å². The van der Waals surface area contributed by atoms with Crippen molar-refractivity contribution in [3.05, 3.63) is 29.8 Å². The number of hydrogen-bond donors (Lipinski definition) is 1. The Morgan fingerprint density at radius 3 is 2.79 bits per heavy atom. The number of aliphatic hydroxyl groups excluding tert-OH is 1. The minimum atomic E-state index is -3.30. The van der Waals surface area contributed by atoms with Crippen LogP contribution >= 0.6 is 0 Å². The molecule has 0 bridgehead atoms. The minimum absolute atomic E-state index is 0.00836. The van der Waals surface area contributed by atoms with Crippen LogP contribution in [-0.2, 0) is 16.4 Å². The third-order valence-corrected chi connectivity index (χ3v) is 5.53. The molecule has 1 heterocycles. The summed E-state index contributed by atoms with van der Waals surface area (Å²) in [5, 5.41) is 8.77. The molecule has 0 saturated heterocycles. The van der Waals surface area contributed by atoms with Crippen LogP contribution in [-0.4, -0.2) is 31.9 Å². The highest BCUT2D eigenvalue weighted by molar-refractivity contribution is 7.92. The lowest BCUT2D eigenvalue weighted by Gasteiger charge is -2.36. The van der Waals surface area contributed by atoms with Crippen molar-refractivity contribution in [2.24, 2.45) is 0 Å². The molecule has 1 aromatic rings. The Labute approximate surface area is 115 Å². The average Bonchev–Trinajstić information content (AvgIpc) is 2.38. The van der Waals surface area contributed by atoms with Crippen LogP contribution in [0.25, 0.3) is 0 Å². The van der Waals surface area contributed by atoms with E-state index in [2.05, 4.69) is 0 Å². The van der Waals surface area contributed by atoms with Gasteiger partial charge in [0.2, 0.25) is 10.0 Å². The molecular weight excluding hydrogens is 262 g/mol. The number of aliphatic hydroxyl groups is 1. The van der Waals surface area contributed by atoms with Gasteiger partial charge < -0.3 is 5.11 Å². The molecule has 1 aliphatic heterocycles. The summed E-state index contributed by atoms with van der Waals surface area (Å²) in [7, 11) is -3.30. The predicted octanol–water partition coefficient (Wildman–Crippen LogP) is 1.93. The van der Waals surface area contributed by atoms with Crippen LogP contribution in [0.15, 0.2) is 24.3 Å². The predicted molar refractivity (Wildman–Crippen MR) is 76.8 cm³/mol. The number of para-hydroxylation sites is 1. The molecule has 106 valence electrons. The molecule has 1 N–H and O–H groups in total. The van der Waals surface area contributed by atoms with Crippen molar-refractivity contribution in [1.29, 1.82) is 0 Å². The highest BCUT2D eigenvalue weighted by Gasteiger charge is 2.31. The number of rotatable bonds is 5. The van der Waals surface area contributed by atoms with Crippen LogP contribution in [0, 0.1) is 0 Å². The summed E-state index contributed by atoms with van der Waals surface area (Å²) in [5.41, 5.74) is 1.93. The summed E-state index contributed by atoms with van der Waals surface area (Å²) < 4.78 is 26.5. The first-order valence-corrected chi connectivity index (χ1v) is 8.38. The fraction of sp³-hybridized carbons (Fsp3) is 0.571. The van der Waals surface area contributed by atoms with Crippen molar-refractivity contribution in [2.75, 3.05) is 16.7 Å². The maximum atomic E-state index is 12.5. The lowest BCUT2D eigenvalue weighted by molar-refractivity contribution is 0.287. The van der Waals surface area contributed by atoms with Crippen LogP contribution in [0.1, 0.15) is 31.7 Å². The molecule has 4 nitrogen and oxygen atoms in total. The number of anilines is 1. The van der Waals surface area contributed by atoms with Gasteiger partial charge in [0.15, 0.2) is 0 Å². The topological polar surface area (TPSA) is 57.6 Å². The number of aryl methyl sites for hydroxylation is 1.